The van der Waals surface area contributed by atoms with Crippen LogP contribution in [0, 0.1) is 13.8 Å². The van der Waals surface area contributed by atoms with E-state index in [0.717, 1.165) is 18.5 Å². The quantitative estimate of drug-likeness (QED) is 0.921. The van der Waals surface area contributed by atoms with Gasteiger partial charge in [-0.1, -0.05) is 0 Å². The van der Waals surface area contributed by atoms with E-state index >= 15 is 0 Å². The molecule has 0 aliphatic rings. The molecular weight excluding hydrogens is 275 g/mol. The van der Waals surface area contributed by atoms with Crippen LogP contribution in [0.5, 0.6) is 0 Å². The van der Waals surface area contributed by atoms with Crippen LogP contribution in [0.1, 0.15) is 27.5 Å². The van der Waals surface area contributed by atoms with Crippen LogP contribution in [0.3, 0.4) is 0 Å². The topological polar surface area (TPSA) is 68.0 Å². The predicted molar refractivity (Wildman–Crippen MR) is 63.2 cm³/mol. The minimum Gasteiger partial charge on any atom is -0.425 e. The number of hydrogen-bond acceptors (Lipinski definition) is 4. The molecule has 2 aromatic rings. The molecule has 2 heterocycles. The zero-order valence-corrected chi connectivity index (χ0v) is 10.6. The van der Waals surface area contributed by atoms with Crippen LogP contribution >= 0.6 is 0 Å². The third-order valence-electron chi connectivity index (χ3n) is 2.50. The van der Waals surface area contributed by atoms with Crippen molar-refractivity contribution in [2.45, 2.75) is 20.0 Å². The average molecular weight is 285 g/mol. The van der Waals surface area contributed by atoms with E-state index in [1.54, 1.807) is 13.8 Å². The summed E-state index contributed by atoms with van der Waals surface area (Å²) in [6, 6.07) is 0.743. The monoisotopic (exact) mass is 285 g/mol. The predicted octanol–water partition coefficient (Wildman–Crippen LogP) is 2.96. The number of alkyl halides is 3. The van der Waals surface area contributed by atoms with Gasteiger partial charge in [-0.15, -0.1) is 0 Å². The number of nitrogens with zero attached hydrogens (tertiary/aromatic N) is 2. The molecule has 2 rings (SSSR count). The van der Waals surface area contributed by atoms with E-state index in [1.807, 2.05) is 0 Å². The minimum absolute atomic E-state index is 0.0180. The Kier molecular flexibility index (Phi) is 3.47. The molecule has 0 saturated heterocycles. The Morgan fingerprint density at radius 3 is 2.60 bits per heavy atom. The number of pyridine rings is 1. The first-order valence-electron chi connectivity index (χ1n) is 5.55. The SMILES string of the molecule is Cc1nc(C)c(NC(=O)c2cnccc2C(F)(F)F)o1. The van der Waals surface area contributed by atoms with Crippen LogP contribution in [0.4, 0.5) is 19.1 Å². The zero-order chi connectivity index (χ0) is 14.9. The number of halogens is 3. The third kappa shape index (κ3) is 2.79. The second-order valence-corrected chi connectivity index (χ2v) is 4.02. The highest BCUT2D eigenvalue weighted by Crippen LogP contribution is 2.31. The number of nitrogens with one attached hydrogen (secondary N) is 1. The lowest BCUT2D eigenvalue weighted by atomic mass is 10.1. The number of hydrogen-bond donors (Lipinski definition) is 1. The summed E-state index contributed by atoms with van der Waals surface area (Å²) in [4.78, 5) is 19.4. The lowest BCUT2D eigenvalue weighted by molar-refractivity contribution is -0.138. The van der Waals surface area contributed by atoms with Crippen LogP contribution < -0.4 is 5.32 Å². The molecule has 2 aromatic heterocycles. The number of aromatic nitrogens is 2. The van der Waals surface area contributed by atoms with Crippen molar-refractivity contribution in [3.8, 4) is 0 Å². The van der Waals surface area contributed by atoms with E-state index in [9.17, 15) is 18.0 Å². The van der Waals surface area contributed by atoms with Gasteiger partial charge in [0.05, 0.1) is 11.1 Å². The Morgan fingerprint density at radius 2 is 2.05 bits per heavy atom. The van der Waals surface area contributed by atoms with Crippen molar-refractivity contribution in [1.29, 1.82) is 0 Å². The van der Waals surface area contributed by atoms with Crippen molar-refractivity contribution >= 4 is 11.8 Å². The normalized spacial score (nSPS) is 11.4. The fourth-order valence-electron chi connectivity index (χ4n) is 1.64. The third-order valence-corrected chi connectivity index (χ3v) is 2.50. The summed E-state index contributed by atoms with van der Waals surface area (Å²) < 4.78 is 43.4. The summed E-state index contributed by atoms with van der Waals surface area (Å²) in [7, 11) is 0. The Hall–Kier alpha value is -2.38. The molecule has 8 heteroatoms. The summed E-state index contributed by atoms with van der Waals surface area (Å²) in [6.45, 7) is 3.13. The Balaban J connectivity index is 2.33. The molecule has 0 saturated carbocycles. The fraction of sp³-hybridized carbons (Fsp3) is 0.250. The highest BCUT2D eigenvalue weighted by Gasteiger charge is 2.35. The summed E-state index contributed by atoms with van der Waals surface area (Å²) >= 11 is 0. The van der Waals surface area contributed by atoms with Crippen molar-refractivity contribution in [2.75, 3.05) is 5.32 Å². The van der Waals surface area contributed by atoms with E-state index in [0.29, 0.717) is 11.6 Å². The van der Waals surface area contributed by atoms with Crippen LogP contribution in [0.15, 0.2) is 22.9 Å². The molecule has 106 valence electrons. The molecule has 0 spiro atoms. The molecule has 0 aromatic carbocycles. The van der Waals surface area contributed by atoms with Gasteiger partial charge in [0.25, 0.3) is 5.91 Å². The van der Waals surface area contributed by atoms with Crippen molar-refractivity contribution < 1.29 is 22.4 Å². The van der Waals surface area contributed by atoms with Gasteiger partial charge in [0.1, 0.15) is 5.69 Å². The highest BCUT2D eigenvalue weighted by molar-refractivity contribution is 6.04. The Labute approximate surface area is 111 Å². The minimum atomic E-state index is -4.64. The highest BCUT2D eigenvalue weighted by atomic mass is 19.4. The largest absolute Gasteiger partial charge is 0.425 e. The van der Waals surface area contributed by atoms with Crippen LogP contribution in [0.2, 0.25) is 0 Å². The van der Waals surface area contributed by atoms with Gasteiger partial charge < -0.3 is 4.42 Å². The van der Waals surface area contributed by atoms with Crippen LogP contribution in [-0.2, 0) is 6.18 Å². The summed E-state index contributed by atoms with van der Waals surface area (Å²) in [5.41, 5.74) is -1.25. The molecule has 1 N–H and O–H groups in total. The summed E-state index contributed by atoms with van der Waals surface area (Å²) in [5.74, 6) is -0.630. The first-order chi connectivity index (χ1) is 9.29. The smallest absolute Gasteiger partial charge is 0.417 e. The lowest BCUT2D eigenvalue weighted by Gasteiger charge is -2.11. The molecule has 0 radical (unpaired) electrons. The second kappa shape index (κ2) is 4.95. The van der Waals surface area contributed by atoms with Crippen molar-refractivity contribution in [3.63, 3.8) is 0 Å². The number of amides is 1. The summed E-state index contributed by atoms with van der Waals surface area (Å²) in [6.07, 6.45) is -2.80. The maximum Gasteiger partial charge on any atom is 0.417 e. The maximum absolute atomic E-state index is 12.8. The van der Waals surface area contributed by atoms with Gasteiger partial charge in [0, 0.05) is 19.3 Å². The van der Waals surface area contributed by atoms with E-state index in [-0.39, 0.29) is 5.88 Å². The molecule has 1 amide bonds. The van der Waals surface area contributed by atoms with Gasteiger partial charge in [0.15, 0.2) is 5.89 Å². The molecule has 0 aliphatic heterocycles. The molecule has 0 fully saturated rings. The fourth-order valence-corrected chi connectivity index (χ4v) is 1.64. The molecule has 0 atom stereocenters. The van der Waals surface area contributed by atoms with Gasteiger partial charge in [-0.05, 0) is 13.0 Å². The van der Waals surface area contributed by atoms with Gasteiger partial charge in [-0.3, -0.25) is 15.1 Å². The van der Waals surface area contributed by atoms with Gasteiger partial charge in [0.2, 0.25) is 5.88 Å². The van der Waals surface area contributed by atoms with Gasteiger partial charge >= 0.3 is 6.18 Å². The molecule has 20 heavy (non-hydrogen) atoms. The number of anilines is 1. The molecule has 0 aliphatic carbocycles. The van der Waals surface area contributed by atoms with Crippen LogP contribution in [0.25, 0.3) is 0 Å². The number of carbonyl (C=O) groups excluding carboxylic acids is 1. The lowest BCUT2D eigenvalue weighted by Crippen LogP contribution is -2.19. The second-order valence-electron chi connectivity index (χ2n) is 4.02. The Bertz CT molecular complexity index is 650. The van der Waals surface area contributed by atoms with E-state index in [4.69, 9.17) is 4.42 Å². The Morgan fingerprint density at radius 1 is 1.35 bits per heavy atom. The van der Waals surface area contributed by atoms with Crippen molar-refractivity contribution in [3.05, 3.63) is 41.2 Å². The van der Waals surface area contributed by atoms with Gasteiger partial charge in [-0.2, -0.15) is 13.2 Å². The molecule has 5 nitrogen and oxygen atoms in total. The number of rotatable bonds is 2. The standard InChI is InChI=1S/C12H10F3N3O2/c1-6-11(20-7(2)17-6)18-10(19)8-5-16-4-3-9(8)12(13,14)15/h3-5H,1-2H3,(H,18,19). The number of carbonyl (C=O) groups is 1. The first-order valence-corrected chi connectivity index (χ1v) is 5.55. The average Bonchev–Trinajstić information content (AvgIpc) is 2.66. The number of oxazole rings is 1. The van der Waals surface area contributed by atoms with Crippen molar-refractivity contribution in [2.24, 2.45) is 0 Å². The van der Waals surface area contributed by atoms with Crippen LogP contribution in [-0.4, -0.2) is 15.9 Å². The molecule has 0 bridgehead atoms. The summed E-state index contributed by atoms with van der Waals surface area (Å²) in [5, 5.41) is 2.25. The van der Waals surface area contributed by atoms with Crippen molar-refractivity contribution in [1.82, 2.24) is 9.97 Å². The first kappa shape index (κ1) is 14.0. The maximum atomic E-state index is 12.8. The zero-order valence-electron chi connectivity index (χ0n) is 10.6. The van der Waals surface area contributed by atoms with E-state index in [1.165, 1.54) is 0 Å². The van der Waals surface area contributed by atoms with E-state index in [2.05, 4.69) is 15.3 Å². The molecular formula is C12H10F3N3O2. The number of aryl methyl sites for hydroxylation is 2. The van der Waals surface area contributed by atoms with E-state index < -0.39 is 23.2 Å². The van der Waals surface area contributed by atoms with Gasteiger partial charge in [-0.25, -0.2) is 4.98 Å². The molecule has 0 unspecified atom stereocenters.